The van der Waals surface area contributed by atoms with E-state index in [1.54, 1.807) is 0 Å². The minimum absolute atomic E-state index is 0. The maximum atomic E-state index is 9.75. The van der Waals surface area contributed by atoms with Gasteiger partial charge in [0.25, 0.3) is 0 Å². The van der Waals surface area contributed by atoms with E-state index in [0.717, 1.165) is 0 Å². The van der Waals surface area contributed by atoms with Gasteiger partial charge < -0.3 is 57.9 Å². The molecule has 0 aromatic rings. The molecule has 0 aliphatic heterocycles. The molecule has 0 spiro atoms. The first-order valence-corrected chi connectivity index (χ1v) is 2.62. The Kier molecular flexibility index (Phi) is 25.5. The van der Waals surface area contributed by atoms with Gasteiger partial charge in [-0.15, -0.1) is 0 Å². The molecule has 18 heavy (non-hydrogen) atoms. The van der Waals surface area contributed by atoms with Crippen molar-refractivity contribution < 1.29 is 51.8 Å². The van der Waals surface area contributed by atoms with Crippen molar-refractivity contribution in [1.29, 1.82) is 0 Å². The molecule has 0 aliphatic carbocycles. The molecule has 0 atom stereocenters. The standard InChI is InChI=1S/2CH4.3BF4.H3N/c;;3*2-1(3,4)5;/h2*1H4;;;;1H3/q;;3*-1;. The molecule has 0 saturated carbocycles. The van der Waals surface area contributed by atoms with Gasteiger partial charge in [-0.3, -0.25) is 0 Å². The van der Waals surface area contributed by atoms with Crippen molar-refractivity contribution in [3.8, 4) is 0 Å². The first-order valence-electron chi connectivity index (χ1n) is 2.62. The highest BCUT2D eigenvalue weighted by Crippen LogP contribution is 2.07. The average Bonchev–Trinajstić information content (AvgIpc) is 1.41. The van der Waals surface area contributed by atoms with Crippen LogP contribution in [-0.2, 0) is 0 Å². The van der Waals surface area contributed by atoms with E-state index in [1.165, 1.54) is 0 Å². The number of rotatable bonds is 0. The fourth-order valence-corrected chi connectivity index (χ4v) is 0. The van der Waals surface area contributed by atoms with Crippen molar-refractivity contribution in [2.24, 2.45) is 0 Å². The first kappa shape index (κ1) is 36.0. The van der Waals surface area contributed by atoms with Crippen LogP contribution in [0.25, 0.3) is 0 Å². The predicted molar refractivity (Wildman–Crippen MR) is 49.0 cm³/mol. The van der Waals surface area contributed by atoms with E-state index in [2.05, 4.69) is 0 Å². The van der Waals surface area contributed by atoms with Crippen LogP contribution >= 0.6 is 0 Å². The second-order valence-corrected chi connectivity index (χ2v) is 1.48. The molecule has 0 aliphatic rings. The Bertz CT molecular complexity index is 100. The Morgan fingerprint density at radius 3 is 0.333 bits per heavy atom. The fraction of sp³-hybridized carbons (Fsp3) is 1.00. The van der Waals surface area contributed by atoms with Crippen molar-refractivity contribution in [2.75, 3.05) is 0 Å². The maximum Gasteiger partial charge on any atom is 0.673 e. The van der Waals surface area contributed by atoms with Gasteiger partial charge in [-0.05, 0) is 0 Å². The summed E-state index contributed by atoms with van der Waals surface area (Å²) in [4.78, 5) is 0. The van der Waals surface area contributed by atoms with Crippen LogP contribution in [0.15, 0.2) is 0 Å². The van der Waals surface area contributed by atoms with Crippen LogP contribution in [0.4, 0.5) is 51.8 Å². The third kappa shape index (κ3) is 6680. The van der Waals surface area contributed by atoms with Crippen molar-refractivity contribution in [3.05, 3.63) is 0 Å². The van der Waals surface area contributed by atoms with E-state index in [9.17, 15) is 51.8 Å². The van der Waals surface area contributed by atoms with Crippen molar-refractivity contribution >= 4 is 21.8 Å². The molecule has 0 saturated heterocycles. The van der Waals surface area contributed by atoms with E-state index in [0.29, 0.717) is 0 Å². The number of hydrogen-bond acceptors (Lipinski definition) is 1. The van der Waals surface area contributed by atoms with Crippen LogP contribution < -0.4 is 6.15 Å². The van der Waals surface area contributed by atoms with Crippen molar-refractivity contribution in [3.63, 3.8) is 0 Å². The molecule has 0 amide bonds. The fourth-order valence-electron chi connectivity index (χ4n) is 0. The Morgan fingerprint density at radius 2 is 0.333 bits per heavy atom. The summed E-state index contributed by atoms with van der Waals surface area (Å²) in [6, 6.07) is 0. The summed E-state index contributed by atoms with van der Waals surface area (Å²) in [5.74, 6) is 0. The van der Waals surface area contributed by atoms with Crippen LogP contribution in [-0.4, -0.2) is 21.8 Å². The molecule has 0 unspecified atom stereocenters. The average molecular weight is 310 g/mol. The highest BCUT2D eigenvalue weighted by Gasteiger charge is 2.21. The molecule has 3 N–H and O–H groups in total. The zero-order valence-corrected chi connectivity index (χ0v) is 6.97. The van der Waals surface area contributed by atoms with Crippen molar-refractivity contribution in [1.82, 2.24) is 6.15 Å². The molecule has 0 aromatic heterocycles. The zero-order chi connectivity index (χ0) is 13.5. The number of halogens is 12. The summed E-state index contributed by atoms with van der Waals surface area (Å²) in [7, 11) is -18.0. The smallest absolute Gasteiger partial charge is 0.418 e. The van der Waals surface area contributed by atoms with E-state index in [1.807, 2.05) is 0 Å². The predicted octanol–water partition coefficient (Wildman–Crippen LogP) is 5.33. The van der Waals surface area contributed by atoms with Gasteiger partial charge in [0.05, 0.1) is 0 Å². The topological polar surface area (TPSA) is 35.0 Å². The highest BCUT2D eigenvalue weighted by molar-refractivity contribution is 6.50. The summed E-state index contributed by atoms with van der Waals surface area (Å²) < 4.78 is 117. The van der Waals surface area contributed by atoms with E-state index >= 15 is 0 Å². The second-order valence-electron chi connectivity index (χ2n) is 1.48. The quantitative estimate of drug-likeness (QED) is 0.476. The molecular weight excluding hydrogens is 298 g/mol. The maximum absolute atomic E-state index is 9.75. The highest BCUT2D eigenvalue weighted by atomic mass is 19.5. The second kappa shape index (κ2) is 12.8. The van der Waals surface area contributed by atoms with Gasteiger partial charge in [-0.2, -0.15) is 0 Å². The minimum Gasteiger partial charge on any atom is -0.418 e. The third-order valence-electron chi connectivity index (χ3n) is 0. The zero-order valence-electron chi connectivity index (χ0n) is 6.97. The molecule has 0 aromatic carbocycles. The summed E-state index contributed by atoms with van der Waals surface area (Å²) in [5.41, 5.74) is 0. The summed E-state index contributed by atoms with van der Waals surface area (Å²) >= 11 is 0. The van der Waals surface area contributed by atoms with Gasteiger partial charge >= 0.3 is 21.8 Å². The number of hydrogen-bond donors (Lipinski definition) is 1. The van der Waals surface area contributed by atoms with E-state index in [4.69, 9.17) is 0 Å². The Hall–Kier alpha value is -0.685. The molecule has 0 heterocycles. The van der Waals surface area contributed by atoms with Crippen LogP contribution in [0.1, 0.15) is 14.9 Å². The lowest BCUT2D eigenvalue weighted by atomic mass is 10.3. The normalized spacial score (nSPS) is 10.0. The van der Waals surface area contributed by atoms with E-state index < -0.39 is 21.8 Å². The van der Waals surface area contributed by atoms with Gasteiger partial charge in [0.2, 0.25) is 0 Å². The summed E-state index contributed by atoms with van der Waals surface area (Å²) in [5, 5.41) is 0. The lowest BCUT2D eigenvalue weighted by molar-refractivity contribution is 0.366. The Labute approximate surface area is 95.8 Å². The van der Waals surface area contributed by atoms with Gasteiger partial charge in [0, 0.05) is 0 Å². The van der Waals surface area contributed by atoms with Crippen LogP contribution in [0.3, 0.4) is 0 Å². The minimum atomic E-state index is -6.00. The monoisotopic (exact) mass is 310 g/mol. The van der Waals surface area contributed by atoms with Crippen molar-refractivity contribution in [2.45, 2.75) is 14.9 Å². The van der Waals surface area contributed by atoms with E-state index in [-0.39, 0.29) is 21.0 Å². The molecular formula is C2H11B3F12N-3. The van der Waals surface area contributed by atoms with Gasteiger partial charge in [-0.1, -0.05) is 14.9 Å². The van der Waals surface area contributed by atoms with Gasteiger partial charge in [0.15, 0.2) is 0 Å². The molecule has 0 bridgehead atoms. The lowest BCUT2D eigenvalue weighted by Crippen LogP contribution is -2.02. The molecule has 0 radical (unpaired) electrons. The lowest BCUT2D eigenvalue weighted by Gasteiger charge is -1.94. The molecule has 120 valence electrons. The Morgan fingerprint density at radius 1 is 0.333 bits per heavy atom. The summed E-state index contributed by atoms with van der Waals surface area (Å²) in [6.07, 6.45) is 0. The first-order chi connectivity index (χ1) is 6.00. The Balaban J connectivity index is -0.0000000277. The van der Waals surface area contributed by atoms with Crippen LogP contribution in [0, 0.1) is 0 Å². The summed E-state index contributed by atoms with van der Waals surface area (Å²) in [6.45, 7) is 0. The molecule has 0 rings (SSSR count). The van der Waals surface area contributed by atoms with Gasteiger partial charge in [0.1, 0.15) is 0 Å². The molecule has 1 nitrogen and oxygen atoms in total. The SMILES string of the molecule is C.C.F[B-](F)(F)F.F[B-](F)(F)F.F[B-](F)(F)F.N. The largest absolute Gasteiger partial charge is 0.673 e. The third-order valence-corrected chi connectivity index (χ3v) is 0. The molecule has 16 heteroatoms. The molecule has 0 fully saturated rings. The van der Waals surface area contributed by atoms with Gasteiger partial charge in [-0.25, -0.2) is 0 Å². The van der Waals surface area contributed by atoms with Crippen LogP contribution in [0.5, 0.6) is 0 Å². The van der Waals surface area contributed by atoms with Crippen LogP contribution in [0.2, 0.25) is 0 Å².